The molecule has 0 unspecified atom stereocenters. The molecule has 0 radical (unpaired) electrons. The SMILES string of the molecule is CCOc1cccc(NC(=O)c2oc3ccccc3c2CSc2ncccn2)c1. The number of benzene rings is 2. The molecular weight excluding hydrogens is 386 g/mol. The number of amides is 1. The first kappa shape index (κ1) is 19.0. The predicted molar refractivity (Wildman–Crippen MR) is 113 cm³/mol. The highest BCUT2D eigenvalue weighted by Crippen LogP contribution is 2.31. The molecule has 0 aliphatic rings. The van der Waals surface area contributed by atoms with Gasteiger partial charge in [-0.05, 0) is 31.2 Å². The highest BCUT2D eigenvalue weighted by atomic mass is 32.2. The largest absolute Gasteiger partial charge is 0.494 e. The second kappa shape index (κ2) is 8.79. The number of hydrogen-bond acceptors (Lipinski definition) is 6. The van der Waals surface area contributed by atoms with Gasteiger partial charge in [0.1, 0.15) is 11.3 Å². The summed E-state index contributed by atoms with van der Waals surface area (Å²) in [5.74, 6) is 1.20. The van der Waals surface area contributed by atoms with Crippen LogP contribution in [-0.2, 0) is 5.75 Å². The van der Waals surface area contributed by atoms with Crippen LogP contribution in [0.3, 0.4) is 0 Å². The minimum atomic E-state index is -0.306. The van der Waals surface area contributed by atoms with Gasteiger partial charge in [-0.2, -0.15) is 0 Å². The van der Waals surface area contributed by atoms with Crippen LogP contribution >= 0.6 is 11.8 Å². The van der Waals surface area contributed by atoms with Crippen molar-refractivity contribution < 1.29 is 13.9 Å². The van der Waals surface area contributed by atoms with Crippen LogP contribution in [0.2, 0.25) is 0 Å². The van der Waals surface area contributed by atoms with E-state index < -0.39 is 0 Å². The monoisotopic (exact) mass is 405 g/mol. The third-order valence-electron chi connectivity index (χ3n) is 4.20. The van der Waals surface area contributed by atoms with E-state index in [9.17, 15) is 4.79 Å². The summed E-state index contributed by atoms with van der Waals surface area (Å²) in [5, 5.41) is 4.46. The van der Waals surface area contributed by atoms with E-state index in [0.717, 1.165) is 10.9 Å². The predicted octanol–water partition coefficient (Wildman–Crippen LogP) is 5.17. The van der Waals surface area contributed by atoms with E-state index in [1.807, 2.05) is 49.4 Å². The number of nitrogens with zero attached hydrogens (tertiary/aromatic N) is 2. The van der Waals surface area contributed by atoms with E-state index in [1.165, 1.54) is 11.8 Å². The maximum atomic E-state index is 13.0. The molecule has 29 heavy (non-hydrogen) atoms. The fraction of sp³-hybridized carbons (Fsp3) is 0.136. The number of fused-ring (bicyclic) bond motifs is 1. The van der Waals surface area contributed by atoms with E-state index in [2.05, 4.69) is 15.3 Å². The second-order valence-corrected chi connectivity index (χ2v) is 7.08. The van der Waals surface area contributed by atoms with Crippen molar-refractivity contribution in [1.29, 1.82) is 0 Å². The number of aromatic nitrogens is 2. The highest BCUT2D eigenvalue weighted by Gasteiger charge is 2.21. The maximum Gasteiger partial charge on any atom is 0.291 e. The molecule has 1 N–H and O–H groups in total. The van der Waals surface area contributed by atoms with Crippen LogP contribution in [0.5, 0.6) is 5.75 Å². The molecule has 2 heterocycles. The van der Waals surface area contributed by atoms with E-state index in [4.69, 9.17) is 9.15 Å². The van der Waals surface area contributed by atoms with Crippen LogP contribution in [-0.4, -0.2) is 22.5 Å². The molecule has 0 aliphatic carbocycles. The molecule has 0 fully saturated rings. The molecule has 0 spiro atoms. The standard InChI is InChI=1S/C22H19N3O3S/c1-2-27-16-8-5-7-15(13-16)25-21(26)20-18(14-29-22-23-11-6-12-24-22)17-9-3-4-10-19(17)28-20/h3-13H,2,14H2,1H3,(H,25,26). The molecule has 0 atom stereocenters. The van der Waals surface area contributed by atoms with Crippen LogP contribution in [0.4, 0.5) is 5.69 Å². The molecule has 0 aliphatic heterocycles. The highest BCUT2D eigenvalue weighted by molar-refractivity contribution is 7.98. The molecule has 0 saturated carbocycles. The van der Waals surface area contributed by atoms with E-state index >= 15 is 0 Å². The molecule has 2 aromatic heterocycles. The molecule has 0 bridgehead atoms. The van der Waals surface area contributed by atoms with Crippen molar-refractivity contribution in [3.63, 3.8) is 0 Å². The third kappa shape index (κ3) is 4.41. The van der Waals surface area contributed by atoms with Crippen LogP contribution < -0.4 is 10.1 Å². The van der Waals surface area contributed by atoms with Gasteiger partial charge in [0, 0.05) is 40.8 Å². The number of carbonyl (C=O) groups is 1. The Morgan fingerprint density at radius 1 is 1.10 bits per heavy atom. The summed E-state index contributed by atoms with van der Waals surface area (Å²) in [5.41, 5.74) is 2.13. The lowest BCUT2D eigenvalue weighted by Crippen LogP contribution is -2.13. The lowest BCUT2D eigenvalue weighted by atomic mass is 10.1. The molecule has 6 nitrogen and oxygen atoms in total. The number of para-hydroxylation sites is 1. The fourth-order valence-electron chi connectivity index (χ4n) is 2.94. The van der Waals surface area contributed by atoms with Crippen molar-refractivity contribution in [1.82, 2.24) is 9.97 Å². The zero-order valence-corrected chi connectivity index (χ0v) is 16.6. The van der Waals surface area contributed by atoms with Gasteiger partial charge in [0.2, 0.25) is 0 Å². The summed E-state index contributed by atoms with van der Waals surface area (Å²) >= 11 is 1.46. The summed E-state index contributed by atoms with van der Waals surface area (Å²) in [7, 11) is 0. The molecule has 0 saturated heterocycles. The first-order valence-corrected chi connectivity index (χ1v) is 10.2. The van der Waals surface area contributed by atoms with Crippen LogP contribution in [0, 0.1) is 0 Å². The molecule has 4 aromatic rings. The summed E-state index contributed by atoms with van der Waals surface area (Å²) in [6, 6.07) is 16.7. The minimum Gasteiger partial charge on any atom is -0.494 e. The van der Waals surface area contributed by atoms with Crippen molar-refractivity contribution in [2.75, 3.05) is 11.9 Å². The first-order valence-electron chi connectivity index (χ1n) is 9.19. The Morgan fingerprint density at radius 2 is 1.93 bits per heavy atom. The van der Waals surface area contributed by atoms with Gasteiger partial charge in [-0.1, -0.05) is 36.0 Å². The number of furan rings is 1. The van der Waals surface area contributed by atoms with Gasteiger partial charge >= 0.3 is 0 Å². The molecule has 146 valence electrons. The molecule has 2 aromatic carbocycles. The average molecular weight is 405 g/mol. The van der Waals surface area contributed by atoms with Crippen molar-refractivity contribution in [2.24, 2.45) is 0 Å². The fourth-order valence-corrected chi connectivity index (χ4v) is 3.77. The first-order chi connectivity index (χ1) is 14.2. The van der Waals surface area contributed by atoms with Gasteiger partial charge in [0.25, 0.3) is 5.91 Å². The zero-order valence-electron chi connectivity index (χ0n) is 15.8. The van der Waals surface area contributed by atoms with Crippen LogP contribution in [0.1, 0.15) is 23.0 Å². The lowest BCUT2D eigenvalue weighted by molar-refractivity contribution is 0.0998. The van der Waals surface area contributed by atoms with Crippen molar-refractivity contribution >= 4 is 34.3 Å². The zero-order chi connectivity index (χ0) is 20.1. The Hall–Kier alpha value is -3.32. The number of nitrogens with one attached hydrogen (secondary N) is 1. The van der Waals surface area contributed by atoms with Crippen molar-refractivity contribution in [3.8, 4) is 5.75 Å². The minimum absolute atomic E-state index is 0.288. The van der Waals surface area contributed by atoms with Gasteiger partial charge in [-0.3, -0.25) is 4.79 Å². The maximum absolute atomic E-state index is 13.0. The van der Waals surface area contributed by atoms with Crippen LogP contribution in [0.25, 0.3) is 11.0 Å². The summed E-state index contributed by atoms with van der Waals surface area (Å²) in [6.45, 7) is 2.48. The van der Waals surface area contributed by atoms with Crippen molar-refractivity contribution in [2.45, 2.75) is 17.8 Å². The third-order valence-corrected chi connectivity index (χ3v) is 5.10. The Labute approximate surface area is 172 Å². The quantitative estimate of drug-likeness (QED) is 0.338. The number of rotatable bonds is 7. The smallest absolute Gasteiger partial charge is 0.291 e. The van der Waals surface area contributed by atoms with Crippen LogP contribution in [0.15, 0.2) is 76.6 Å². The summed E-state index contributed by atoms with van der Waals surface area (Å²) < 4.78 is 11.4. The molecular formula is C22H19N3O3S. The van der Waals surface area contributed by atoms with Gasteiger partial charge in [-0.25, -0.2) is 9.97 Å². The Morgan fingerprint density at radius 3 is 2.76 bits per heavy atom. The Kier molecular flexibility index (Phi) is 5.76. The van der Waals surface area contributed by atoms with E-state index in [1.54, 1.807) is 24.5 Å². The van der Waals surface area contributed by atoms with Crippen molar-refractivity contribution in [3.05, 3.63) is 78.3 Å². The number of carbonyl (C=O) groups excluding carboxylic acids is 1. The normalized spacial score (nSPS) is 10.8. The molecule has 1 amide bonds. The summed E-state index contributed by atoms with van der Waals surface area (Å²) in [4.78, 5) is 21.5. The second-order valence-electron chi connectivity index (χ2n) is 6.14. The number of ether oxygens (including phenoxy) is 1. The molecule has 7 heteroatoms. The van der Waals surface area contributed by atoms with Gasteiger partial charge in [0.05, 0.1) is 6.61 Å². The molecule has 4 rings (SSSR count). The summed E-state index contributed by atoms with van der Waals surface area (Å²) in [6.07, 6.45) is 3.39. The van der Waals surface area contributed by atoms with E-state index in [-0.39, 0.29) is 11.7 Å². The lowest BCUT2D eigenvalue weighted by Gasteiger charge is -2.08. The van der Waals surface area contributed by atoms with Gasteiger partial charge in [-0.15, -0.1) is 0 Å². The van der Waals surface area contributed by atoms with Gasteiger partial charge in [0.15, 0.2) is 10.9 Å². The van der Waals surface area contributed by atoms with Gasteiger partial charge < -0.3 is 14.5 Å². The Bertz CT molecular complexity index is 1130. The Balaban J connectivity index is 1.62. The number of hydrogen-bond donors (Lipinski definition) is 1. The average Bonchev–Trinajstić information content (AvgIpc) is 3.12. The topological polar surface area (TPSA) is 77.2 Å². The number of anilines is 1. The number of thioether (sulfide) groups is 1. The van der Waals surface area contributed by atoms with E-state index in [0.29, 0.717) is 34.5 Å².